The molecule has 3 atom stereocenters. The lowest BCUT2D eigenvalue weighted by molar-refractivity contribution is 0.0774. The Balaban J connectivity index is 1.84. The largest absolute Gasteiger partial charge is 0.378 e. The maximum atomic E-state index is 5.95. The summed E-state index contributed by atoms with van der Waals surface area (Å²) < 4.78 is 5.95. The van der Waals surface area contributed by atoms with E-state index in [0.717, 1.165) is 19.6 Å². The van der Waals surface area contributed by atoms with Crippen molar-refractivity contribution in [2.45, 2.75) is 64.5 Å². The van der Waals surface area contributed by atoms with E-state index in [1.54, 1.807) is 11.1 Å². The van der Waals surface area contributed by atoms with Gasteiger partial charge in [-0.15, -0.1) is 0 Å². The number of aryl methyl sites for hydroxylation is 2. The molecule has 1 aromatic rings. The minimum atomic E-state index is 0.424. The first kappa shape index (κ1) is 15.1. The second kappa shape index (κ2) is 6.93. The van der Waals surface area contributed by atoms with E-state index in [1.165, 1.54) is 37.7 Å². The molecule has 1 saturated heterocycles. The molecule has 1 aliphatic carbocycles. The van der Waals surface area contributed by atoms with Gasteiger partial charge in [-0.05, 0) is 61.8 Å². The minimum absolute atomic E-state index is 0.424. The molecule has 2 heteroatoms. The van der Waals surface area contributed by atoms with E-state index in [-0.39, 0.29) is 0 Å². The van der Waals surface area contributed by atoms with Crippen molar-refractivity contribution in [2.24, 2.45) is 5.92 Å². The Hall–Kier alpha value is -0.860. The van der Waals surface area contributed by atoms with E-state index in [0.29, 0.717) is 18.1 Å². The normalized spacial score (nSPS) is 26.0. The van der Waals surface area contributed by atoms with Gasteiger partial charge in [-0.3, -0.25) is 0 Å². The van der Waals surface area contributed by atoms with Gasteiger partial charge in [0.15, 0.2) is 0 Å². The summed E-state index contributed by atoms with van der Waals surface area (Å²) in [7, 11) is 0. The highest BCUT2D eigenvalue weighted by Crippen LogP contribution is 2.36. The topological polar surface area (TPSA) is 21.3 Å². The van der Waals surface area contributed by atoms with E-state index in [2.05, 4.69) is 37.4 Å². The van der Waals surface area contributed by atoms with Crippen LogP contribution >= 0.6 is 0 Å². The number of nitrogens with one attached hydrogen (secondary N) is 1. The molecule has 1 aliphatic heterocycles. The first-order chi connectivity index (χ1) is 10.3. The highest BCUT2D eigenvalue weighted by molar-refractivity contribution is 5.37. The summed E-state index contributed by atoms with van der Waals surface area (Å²) in [6.45, 7) is 6.52. The summed E-state index contributed by atoms with van der Waals surface area (Å²) in [4.78, 5) is 0. The van der Waals surface area contributed by atoms with Crippen LogP contribution in [0.5, 0.6) is 0 Å². The van der Waals surface area contributed by atoms with Crippen molar-refractivity contribution in [2.75, 3.05) is 13.2 Å². The van der Waals surface area contributed by atoms with Crippen LogP contribution in [0.1, 0.15) is 62.3 Å². The van der Waals surface area contributed by atoms with Crippen LogP contribution in [0.2, 0.25) is 0 Å². The third kappa shape index (κ3) is 3.17. The molecule has 0 amide bonds. The summed E-state index contributed by atoms with van der Waals surface area (Å²) in [6, 6.07) is 7.67. The Morgan fingerprint density at radius 2 is 2.10 bits per heavy atom. The van der Waals surface area contributed by atoms with Crippen molar-refractivity contribution >= 4 is 0 Å². The van der Waals surface area contributed by atoms with Gasteiger partial charge in [0.1, 0.15) is 0 Å². The standard InChI is InChI=1S/C19H29NO/c1-3-11-20-19(17-10-12-21-18(17)4-2)16-9-8-14-6-5-7-15(14)13-16/h8-9,13,17-20H,3-7,10-12H2,1-2H3. The first-order valence-electron chi connectivity index (χ1n) is 8.80. The quantitative estimate of drug-likeness (QED) is 0.853. The molecule has 0 radical (unpaired) electrons. The molecule has 21 heavy (non-hydrogen) atoms. The molecule has 1 N–H and O–H groups in total. The Bertz CT molecular complexity index is 471. The first-order valence-corrected chi connectivity index (χ1v) is 8.80. The third-order valence-electron chi connectivity index (χ3n) is 5.19. The third-order valence-corrected chi connectivity index (χ3v) is 5.19. The van der Waals surface area contributed by atoms with Crippen molar-refractivity contribution in [1.29, 1.82) is 0 Å². The van der Waals surface area contributed by atoms with E-state index in [4.69, 9.17) is 4.74 Å². The average Bonchev–Trinajstić information content (AvgIpc) is 3.15. The van der Waals surface area contributed by atoms with E-state index < -0.39 is 0 Å². The minimum Gasteiger partial charge on any atom is -0.378 e. The Kier molecular flexibility index (Phi) is 4.97. The zero-order valence-electron chi connectivity index (χ0n) is 13.5. The smallest absolute Gasteiger partial charge is 0.0619 e. The van der Waals surface area contributed by atoms with Crippen LogP contribution in [0.3, 0.4) is 0 Å². The predicted molar refractivity (Wildman–Crippen MR) is 87.6 cm³/mol. The number of hydrogen-bond acceptors (Lipinski definition) is 2. The molecular formula is C19H29NO. The van der Waals surface area contributed by atoms with Gasteiger partial charge < -0.3 is 10.1 Å². The van der Waals surface area contributed by atoms with Gasteiger partial charge >= 0.3 is 0 Å². The van der Waals surface area contributed by atoms with Gasteiger partial charge in [-0.1, -0.05) is 32.0 Å². The van der Waals surface area contributed by atoms with Gasteiger partial charge in [0.25, 0.3) is 0 Å². The Morgan fingerprint density at radius 1 is 1.24 bits per heavy atom. The SMILES string of the molecule is CCCNC(c1ccc2c(c1)CCC2)C1CCOC1CC. The molecule has 0 aromatic heterocycles. The fourth-order valence-electron chi connectivity index (χ4n) is 4.07. The molecule has 0 bridgehead atoms. The van der Waals surface area contributed by atoms with Crippen LogP contribution in [0.4, 0.5) is 0 Å². The zero-order chi connectivity index (χ0) is 14.7. The number of fused-ring (bicyclic) bond motifs is 1. The average molecular weight is 287 g/mol. The van der Waals surface area contributed by atoms with Crippen LogP contribution < -0.4 is 5.32 Å². The number of hydrogen-bond donors (Lipinski definition) is 1. The molecule has 1 aromatic carbocycles. The lowest BCUT2D eigenvalue weighted by Crippen LogP contribution is -2.33. The van der Waals surface area contributed by atoms with Gasteiger partial charge in [0.2, 0.25) is 0 Å². The molecule has 116 valence electrons. The lowest BCUT2D eigenvalue weighted by Gasteiger charge is -2.29. The second-order valence-corrected chi connectivity index (χ2v) is 6.58. The number of ether oxygens (including phenoxy) is 1. The van der Waals surface area contributed by atoms with Crippen LogP contribution in [-0.4, -0.2) is 19.3 Å². The van der Waals surface area contributed by atoms with Crippen molar-refractivity contribution < 1.29 is 4.74 Å². The maximum absolute atomic E-state index is 5.95. The Morgan fingerprint density at radius 3 is 2.90 bits per heavy atom. The van der Waals surface area contributed by atoms with Crippen LogP contribution in [0, 0.1) is 5.92 Å². The molecule has 1 fully saturated rings. The van der Waals surface area contributed by atoms with Gasteiger partial charge in [-0.25, -0.2) is 0 Å². The van der Waals surface area contributed by atoms with Crippen molar-refractivity contribution in [3.05, 3.63) is 34.9 Å². The predicted octanol–water partition coefficient (Wildman–Crippen LogP) is 4.03. The number of rotatable bonds is 6. The van der Waals surface area contributed by atoms with E-state index >= 15 is 0 Å². The van der Waals surface area contributed by atoms with Crippen LogP contribution in [0.15, 0.2) is 18.2 Å². The van der Waals surface area contributed by atoms with Crippen molar-refractivity contribution in [3.8, 4) is 0 Å². The molecular weight excluding hydrogens is 258 g/mol. The lowest BCUT2D eigenvalue weighted by atomic mass is 9.85. The molecule has 3 unspecified atom stereocenters. The van der Waals surface area contributed by atoms with Gasteiger partial charge in [0.05, 0.1) is 6.10 Å². The van der Waals surface area contributed by atoms with E-state index in [1.807, 2.05) is 0 Å². The molecule has 1 heterocycles. The summed E-state index contributed by atoms with van der Waals surface area (Å²) in [6.07, 6.45) is 7.79. The number of benzene rings is 1. The molecule has 3 rings (SSSR count). The van der Waals surface area contributed by atoms with Gasteiger partial charge in [-0.2, -0.15) is 0 Å². The van der Waals surface area contributed by atoms with Crippen molar-refractivity contribution in [3.63, 3.8) is 0 Å². The summed E-state index contributed by atoms with van der Waals surface area (Å²) >= 11 is 0. The van der Waals surface area contributed by atoms with Crippen LogP contribution in [-0.2, 0) is 17.6 Å². The molecule has 0 saturated carbocycles. The van der Waals surface area contributed by atoms with Crippen molar-refractivity contribution in [1.82, 2.24) is 5.32 Å². The fourth-order valence-corrected chi connectivity index (χ4v) is 4.07. The summed E-state index contributed by atoms with van der Waals surface area (Å²) in [5.41, 5.74) is 4.64. The fraction of sp³-hybridized carbons (Fsp3) is 0.684. The second-order valence-electron chi connectivity index (χ2n) is 6.58. The highest BCUT2D eigenvalue weighted by atomic mass is 16.5. The maximum Gasteiger partial charge on any atom is 0.0619 e. The summed E-state index contributed by atoms with van der Waals surface area (Å²) in [5.74, 6) is 0.626. The molecule has 2 aliphatic rings. The summed E-state index contributed by atoms with van der Waals surface area (Å²) in [5, 5.41) is 3.80. The molecule has 0 spiro atoms. The Labute approximate surface area is 129 Å². The highest BCUT2D eigenvalue weighted by Gasteiger charge is 2.34. The van der Waals surface area contributed by atoms with Gasteiger partial charge in [0, 0.05) is 18.6 Å². The van der Waals surface area contributed by atoms with E-state index in [9.17, 15) is 0 Å². The van der Waals surface area contributed by atoms with Crippen LogP contribution in [0.25, 0.3) is 0 Å². The molecule has 2 nitrogen and oxygen atoms in total. The zero-order valence-corrected chi connectivity index (χ0v) is 13.5. The monoisotopic (exact) mass is 287 g/mol.